The van der Waals surface area contributed by atoms with Crippen LogP contribution in [0, 0.1) is 5.41 Å². The summed E-state index contributed by atoms with van der Waals surface area (Å²) in [5.74, 6) is 0.643. The van der Waals surface area contributed by atoms with Gasteiger partial charge in [-0.25, -0.2) is 0 Å². The Morgan fingerprint density at radius 3 is 2.32 bits per heavy atom. The Hall–Kier alpha value is -2.17. The fourth-order valence-corrected chi connectivity index (χ4v) is 5.10. The fourth-order valence-electron chi connectivity index (χ4n) is 5.10. The van der Waals surface area contributed by atoms with Gasteiger partial charge < -0.3 is 9.64 Å². The molecule has 4 rings (SSSR count). The molecule has 1 unspecified atom stereocenters. The Morgan fingerprint density at radius 1 is 1.04 bits per heavy atom. The number of benzene rings is 2. The third kappa shape index (κ3) is 3.98. The van der Waals surface area contributed by atoms with E-state index in [-0.39, 0.29) is 17.9 Å². The lowest BCUT2D eigenvalue weighted by Gasteiger charge is -2.43. The number of amides is 1. The second-order valence-corrected chi connectivity index (χ2v) is 8.29. The summed E-state index contributed by atoms with van der Waals surface area (Å²) in [5, 5.41) is 0. The van der Waals surface area contributed by atoms with Crippen LogP contribution in [0.5, 0.6) is 0 Å². The summed E-state index contributed by atoms with van der Waals surface area (Å²) in [5.41, 5.74) is 3.06. The van der Waals surface area contributed by atoms with E-state index in [2.05, 4.69) is 65.6 Å². The minimum Gasteiger partial charge on any atom is -0.375 e. The number of nitrogens with zero attached hydrogens (tertiary/aromatic N) is 2. The molecule has 0 aromatic heterocycles. The minimum atomic E-state index is 0.118. The molecule has 0 aliphatic carbocycles. The van der Waals surface area contributed by atoms with E-state index in [1.165, 1.54) is 11.1 Å². The molecule has 2 heterocycles. The Morgan fingerprint density at radius 2 is 1.68 bits per heavy atom. The number of likely N-dealkylation sites (tertiary alicyclic amines) is 2. The van der Waals surface area contributed by atoms with Crippen LogP contribution in [0.3, 0.4) is 0 Å². The summed E-state index contributed by atoms with van der Waals surface area (Å²) in [6.45, 7) is 5.06. The van der Waals surface area contributed by atoms with Crippen LogP contribution >= 0.6 is 0 Å². The van der Waals surface area contributed by atoms with Crippen LogP contribution in [-0.2, 0) is 16.1 Å². The predicted molar refractivity (Wildman–Crippen MR) is 111 cm³/mol. The highest BCUT2D eigenvalue weighted by Crippen LogP contribution is 2.50. The van der Waals surface area contributed by atoms with E-state index in [9.17, 15) is 4.79 Å². The van der Waals surface area contributed by atoms with Crippen molar-refractivity contribution in [3.8, 4) is 0 Å². The average molecular weight is 379 g/mol. The van der Waals surface area contributed by atoms with Crippen molar-refractivity contribution in [2.24, 2.45) is 5.41 Å². The third-order valence-electron chi connectivity index (χ3n) is 6.55. The lowest BCUT2D eigenvalue weighted by atomic mass is 9.68. The van der Waals surface area contributed by atoms with Crippen molar-refractivity contribution in [3.05, 3.63) is 71.8 Å². The molecule has 2 aliphatic rings. The number of rotatable bonds is 5. The Bertz CT molecular complexity index is 770. The van der Waals surface area contributed by atoms with Crippen LogP contribution < -0.4 is 0 Å². The molecule has 2 saturated heterocycles. The van der Waals surface area contributed by atoms with Gasteiger partial charge in [-0.3, -0.25) is 9.69 Å². The maximum Gasteiger partial charge on any atom is 0.248 e. The zero-order valence-electron chi connectivity index (χ0n) is 16.7. The molecule has 1 spiro atoms. The van der Waals surface area contributed by atoms with E-state index < -0.39 is 0 Å². The molecule has 2 aliphatic heterocycles. The molecule has 1 atom stereocenters. The SMILES string of the molecule is COCC(=O)N1CCC2(CC1)CN(Cc1ccccc1)CC2c1ccccc1. The van der Waals surface area contributed by atoms with Gasteiger partial charge in [0.25, 0.3) is 0 Å². The molecular weight excluding hydrogens is 348 g/mol. The zero-order chi connectivity index (χ0) is 19.4. The summed E-state index contributed by atoms with van der Waals surface area (Å²) in [6, 6.07) is 21.7. The van der Waals surface area contributed by atoms with Crippen molar-refractivity contribution in [2.45, 2.75) is 25.3 Å². The van der Waals surface area contributed by atoms with Gasteiger partial charge in [-0.05, 0) is 29.4 Å². The first-order valence-corrected chi connectivity index (χ1v) is 10.3. The van der Waals surface area contributed by atoms with Crippen molar-refractivity contribution in [1.82, 2.24) is 9.80 Å². The molecule has 0 radical (unpaired) electrons. The first-order valence-electron chi connectivity index (χ1n) is 10.3. The normalized spacial score (nSPS) is 21.9. The first kappa shape index (κ1) is 19.2. The summed E-state index contributed by atoms with van der Waals surface area (Å²) in [4.78, 5) is 16.8. The maximum absolute atomic E-state index is 12.2. The first-order chi connectivity index (χ1) is 13.7. The number of hydrogen-bond acceptors (Lipinski definition) is 3. The zero-order valence-corrected chi connectivity index (χ0v) is 16.7. The Labute approximate surface area is 168 Å². The molecule has 2 aromatic carbocycles. The second-order valence-electron chi connectivity index (χ2n) is 8.29. The van der Waals surface area contributed by atoms with Gasteiger partial charge in [0.15, 0.2) is 0 Å². The van der Waals surface area contributed by atoms with E-state index in [4.69, 9.17) is 4.74 Å². The number of carbonyl (C=O) groups is 1. The molecule has 0 bridgehead atoms. The minimum absolute atomic E-state index is 0.118. The number of carbonyl (C=O) groups excluding carboxylic acids is 1. The topological polar surface area (TPSA) is 32.8 Å². The molecule has 1 amide bonds. The van der Waals surface area contributed by atoms with Crippen LogP contribution in [0.15, 0.2) is 60.7 Å². The highest BCUT2D eigenvalue weighted by Gasteiger charge is 2.48. The Balaban J connectivity index is 1.52. The van der Waals surface area contributed by atoms with Gasteiger partial charge in [-0.2, -0.15) is 0 Å². The molecule has 28 heavy (non-hydrogen) atoms. The molecular formula is C24H30N2O2. The van der Waals surface area contributed by atoms with Gasteiger partial charge in [-0.15, -0.1) is 0 Å². The monoisotopic (exact) mass is 378 g/mol. The highest BCUT2D eigenvalue weighted by molar-refractivity contribution is 5.77. The number of hydrogen-bond donors (Lipinski definition) is 0. The van der Waals surface area contributed by atoms with Crippen molar-refractivity contribution < 1.29 is 9.53 Å². The van der Waals surface area contributed by atoms with Crippen molar-refractivity contribution in [3.63, 3.8) is 0 Å². The molecule has 2 aromatic rings. The van der Waals surface area contributed by atoms with E-state index >= 15 is 0 Å². The largest absolute Gasteiger partial charge is 0.375 e. The van der Waals surface area contributed by atoms with E-state index in [0.717, 1.165) is 45.6 Å². The van der Waals surface area contributed by atoms with Gasteiger partial charge in [-0.1, -0.05) is 60.7 Å². The summed E-state index contributed by atoms with van der Waals surface area (Å²) >= 11 is 0. The number of ether oxygens (including phenoxy) is 1. The van der Waals surface area contributed by atoms with Gasteiger partial charge in [0.05, 0.1) is 0 Å². The van der Waals surface area contributed by atoms with Gasteiger partial charge in [0.1, 0.15) is 6.61 Å². The molecule has 0 N–H and O–H groups in total. The highest BCUT2D eigenvalue weighted by atomic mass is 16.5. The number of piperidine rings is 1. The number of methoxy groups -OCH3 is 1. The van der Waals surface area contributed by atoms with Gasteiger partial charge in [0, 0.05) is 45.8 Å². The second kappa shape index (κ2) is 8.46. The standard InChI is InChI=1S/C24H30N2O2/c1-28-18-23(27)26-14-12-24(13-15-26)19-25(16-20-8-4-2-5-9-20)17-22(24)21-10-6-3-7-11-21/h2-11,22H,12-19H2,1H3. The lowest BCUT2D eigenvalue weighted by Crippen LogP contribution is -2.47. The fraction of sp³-hybridized carbons (Fsp3) is 0.458. The summed E-state index contributed by atoms with van der Waals surface area (Å²) in [7, 11) is 1.59. The molecule has 2 fully saturated rings. The molecule has 4 nitrogen and oxygen atoms in total. The van der Waals surface area contributed by atoms with Crippen molar-refractivity contribution in [2.75, 3.05) is 39.9 Å². The van der Waals surface area contributed by atoms with Crippen LogP contribution in [0.25, 0.3) is 0 Å². The molecule has 0 saturated carbocycles. The van der Waals surface area contributed by atoms with E-state index in [1.807, 2.05) is 4.90 Å². The van der Waals surface area contributed by atoms with Crippen LogP contribution in [0.1, 0.15) is 29.9 Å². The predicted octanol–water partition coefficient (Wildman–Crippen LogP) is 3.54. The average Bonchev–Trinajstić information content (AvgIpc) is 3.07. The van der Waals surface area contributed by atoms with Crippen molar-refractivity contribution in [1.29, 1.82) is 0 Å². The molecule has 148 valence electrons. The van der Waals surface area contributed by atoms with Crippen LogP contribution in [0.4, 0.5) is 0 Å². The van der Waals surface area contributed by atoms with E-state index in [1.54, 1.807) is 7.11 Å². The smallest absolute Gasteiger partial charge is 0.248 e. The van der Waals surface area contributed by atoms with Gasteiger partial charge in [0.2, 0.25) is 5.91 Å². The third-order valence-corrected chi connectivity index (χ3v) is 6.55. The van der Waals surface area contributed by atoms with Crippen LogP contribution in [-0.4, -0.2) is 55.6 Å². The van der Waals surface area contributed by atoms with Crippen molar-refractivity contribution >= 4 is 5.91 Å². The maximum atomic E-state index is 12.2. The molecule has 4 heteroatoms. The van der Waals surface area contributed by atoms with Gasteiger partial charge >= 0.3 is 0 Å². The summed E-state index contributed by atoms with van der Waals surface area (Å²) in [6.07, 6.45) is 2.13. The van der Waals surface area contributed by atoms with Crippen LogP contribution in [0.2, 0.25) is 0 Å². The Kier molecular flexibility index (Phi) is 5.79. The quantitative estimate of drug-likeness (QED) is 0.798. The van der Waals surface area contributed by atoms with E-state index in [0.29, 0.717) is 5.92 Å². The lowest BCUT2D eigenvalue weighted by molar-refractivity contribution is -0.137. The summed E-state index contributed by atoms with van der Waals surface area (Å²) < 4.78 is 5.05.